The number of hydrogen-bond acceptors (Lipinski definition) is 4. The van der Waals surface area contributed by atoms with Crippen LogP contribution in [0, 0.1) is 5.92 Å². The van der Waals surface area contributed by atoms with Gasteiger partial charge in [0.05, 0.1) is 13.2 Å². The third-order valence-corrected chi connectivity index (χ3v) is 4.02. The second-order valence-electron chi connectivity index (χ2n) is 5.34. The number of nitrogens with two attached hydrogens (primary N) is 1. The van der Waals surface area contributed by atoms with Crippen molar-refractivity contribution in [1.82, 2.24) is 4.90 Å². The quantitative estimate of drug-likeness (QED) is 0.846. The number of rotatable bonds is 4. The normalized spacial score (nSPS) is 24.4. The zero-order valence-electron chi connectivity index (χ0n) is 12.1. The summed E-state index contributed by atoms with van der Waals surface area (Å²) in [6.07, 6.45) is 1.49. The molecule has 1 aromatic rings. The maximum absolute atomic E-state index is 6.04. The SMILES string of the molecule is COc1ccc(N)c(CN2CCC(C)C(OC)C2)c1. The van der Waals surface area contributed by atoms with Gasteiger partial charge in [0.15, 0.2) is 0 Å². The van der Waals surface area contributed by atoms with Crippen LogP contribution in [0.5, 0.6) is 5.75 Å². The largest absolute Gasteiger partial charge is 0.497 e. The molecule has 0 radical (unpaired) electrons. The number of ether oxygens (including phenoxy) is 2. The molecule has 2 N–H and O–H groups in total. The molecule has 0 saturated carbocycles. The highest BCUT2D eigenvalue weighted by Gasteiger charge is 2.26. The molecule has 2 unspecified atom stereocenters. The van der Waals surface area contributed by atoms with Crippen molar-refractivity contribution in [2.75, 3.05) is 33.0 Å². The molecule has 4 heteroatoms. The molecule has 1 aromatic carbocycles. The van der Waals surface area contributed by atoms with Crippen molar-refractivity contribution in [3.8, 4) is 5.75 Å². The fraction of sp³-hybridized carbons (Fsp3) is 0.600. The van der Waals surface area contributed by atoms with Gasteiger partial charge in [0.25, 0.3) is 0 Å². The molecule has 0 spiro atoms. The number of nitrogens with zero attached hydrogens (tertiary/aromatic N) is 1. The topological polar surface area (TPSA) is 47.7 Å². The first-order chi connectivity index (χ1) is 9.13. The van der Waals surface area contributed by atoms with Gasteiger partial charge in [-0.15, -0.1) is 0 Å². The van der Waals surface area contributed by atoms with Crippen LogP contribution in [0.15, 0.2) is 18.2 Å². The van der Waals surface area contributed by atoms with Gasteiger partial charge in [-0.1, -0.05) is 6.92 Å². The number of hydrogen-bond donors (Lipinski definition) is 1. The summed E-state index contributed by atoms with van der Waals surface area (Å²) in [6, 6.07) is 5.83. The van der Waals surface area contributed by atoms with Gasteiger partial charge in [0.2, 0.25) is 0 Å². The summed E-state index contributed by atoms with van der Waals surface area (Å²) in [6.45, 7) is 5.17. The van der Waals surface area contributed by atoms with Crippen molar-refractivity contribution < 1.29 is 9.47 Å². The van der Waals surface area contributed by atoms with E-state index in [0.29, 0.717) is 12.0 Å². The van der Waals surface area contributed by atoms with Crippen LogP contribution in [0.25, 0.3) is 0 Å². The van der Waals surface area contributed by atoms with Crippen molar-refractivity contribution in [2.24, 2.45) is 5.92 Å². The molecule has 106 valence electrons. The lowest BCUT2D eigenvalue weighted by atomic mass is 9.95. The van der Waals surface area contributed by atoms with Crippen LogP contribution < -0.4 is 10.5 Å². The molecular formula is C15H24N2O2. The molecule has 0 aromatic heterocycles. The minimum absolute atomic E-state index is 0.320. The molecule has 1 heterocycles. The highest BCUT2D eigenvalue weighted by molar-refractivity contribution is 5.50. The molecule has 4 nitrogen and oxygen atoms in total. The lowest BCUT2D eigenvalue weighted by Gasteiger charge is -2.36. The van der Waals surface area contributed by atoms with Gasteiger partial charge in [0, 0.05) is 25.9 Å². The third-order valence-electron chi connectivity index (χ3n) is 4.02. The van der Waals surface area contributed by atoms with E-state index in [9.17, 15) is 0 Å². The maximum Gasteiger partial charge on any atom is 0.119 e. The zero-order valence-corrected chi connectivity index (χ0v) is 12.1. The van der Waals surface area contributed by atoms with Gasteiger partial charge in [-0.2, -0.15) is 0 Å². The molecule has 19 heavy (non-hydrogen) atoms. The molecule has 0 aliphatic carbocycles. The van der Waals surface area contributed by atoms with E-state index in [4.69, 9.17) is 15.2 Å². The molecule has 1 aliphatic rings. The van der Waals surface area contributed by atoms with E-state index >= 15 is 0 Å². The number of nitrogen functional groups attached to an aromatic ring is 1. The Labute approximate surface area is 115 Å². The van der Waals surface area contributed by atoms with Crippen LogP contribution in [-0.2, 0) is 11.3 Å². The second kappa shape index (κ2) is 6.26. The van der Waals surface area contributed by atoms with E-state index < -0.39 is 0 Å². The van der Waals surface area contributed by atoms with E-state index in [1.165, 1.54) is 6.42 Å². The average molecular weight is 264 g/mol. The van der Waals surface area contributed by atoms with E-state index in [2.05, 4.69) is 11.8 Å². The Kier molecular flexibility index (Phi) is 4.66. The molecule has 0 bridgehead atoms. The summed E-state index contributed by atoms with van der Waals surface area (Å²) in [7, 11) is 3.48. The van der Waals surface area contributed by atoms with E-state index in [1.807, 2.05) is 18.2 Å². The van der Waals surface area contributed by atoms with Gasteiger partial charge in [-0.05, 0) is 42.6 Å². The van der Waals surface area contributed by atoms with Crippen LogP contribution in [0.2, 0.25) is 0 Å². The van der Waals surface area contributed by atoms with Gasteiger partial charge >= 0.3 is 0 Å². The van der Waals surface area contributed by atoms with Crippen LogP contribution in [0.3, 0.4) is 0 Å². The summed E-state index contributed by atoms with van der Waals surface area (Å²) >= 11 is 0. The minimum atomic E-state index is 0.320. The number of anilines is 1. The van der Waals surface area contributed by atoms with Crippen LogP contribution in [0.4, 0.5) is 5.69 Å². The van der Waals surface area contributed by atoms with Gasteiger partial charge in [0.1, 0.15) is 5.75 Å². The summed E-state index contributed by atoms with van der Waals surface area (Å²) < 4.78 is 10.8. The highest BCUT2D eigenvalue weighted by Crippen LogP contribution is 2.25. The number of methoxy groups -OCH3 is 2. The molecule has 2 atom stereocenters. The molecule has 1 fully saturated rings. The summed E-state index contributed by atoms with van der Waals surface area (Å²) in [5, 5.41) is 0. The van der Waals surface area contributed by atoms with Crippen molar-refractivity contribution in [1.29, 1.82) is 0 Å². The number of likely N-dealkylation sites (tertiary alicyclic amines) is 1. The van der Waals surface area contributed by atoms with E-state index in [1.54, 1.807) is 14.2 Å². The lowest BCUT2D eigenvalue weighted by molar-refractivity contribution is -0.00740. The van der Waals surface area contributed by atoms with E-state index in [-0.39, 0.29) is 0 Å². The Morgan fingerprint density at radius 3 is 2.84 bits per heavy atom. The van der Waals surface area contributed by atoms with Gasteiger partial charge in [-0.3, -0.25) is 4.90 Å². The standard InChI is InChI=1S/C15H24N2O2/c1-11-6-7-17(10-15(11)19-3)9-12-8-13(18-2)4-5-14(12)16/h4-5,8,11,15H,6-7,9-10,16H2,1-3H3. The molecular weight excluding hydrogens is 240 g/mol. The number of piperidine rings is 1. The van der Waals surface area contributed by atoms with E-state index in [0.717, 1.165) is 36.6 Å². The summed E-state index contributed by atoms with van der Waals surface area (Å²) in [5.74, 6) is 1.49. The predicted molar refractivity (Wildman–Crippen MR) is 77.3 cm³/mol. The molecule has 2 rings (SSSR count). The zero-order chi connectivity index (χ0) is 13.8. The Balaban J connectivity index is 2.04. The number of benzene rings is 1. The Morgan fingerprint density at radius 1 is 1.37 bits per heavy atom. The predicted octanol–water partition coefficient (Wildman–Crippen LogP) is 2.13. The highest BCUT2D eigenvalue weighted by atomic mass is 16.5. The fourth-order valence-corrected chi connectivity index (χ4v) is 2.64. The second-order valence-corrected chi connectivity index (χ2v) is 5.34. The first-order valence-electron chi connectivity index (χ1n) is 6.81. The van der Waals surface area contributed by atoms with Gasteiger partial charge in [-0.25, -0.2) is 0 Å². The fourth-order valence-electron chi connectivity index (χ4n) is 2.64. The Hall–Kier alpha value is -1.26. The van der Waals surface area contributed by atoms with Crippen molar-refractivity contribution in [2.45, 2.75) is 26.0 Å². The minimum Gasteiger partial charge on any atom is -0.497 e. The molecule has 1 aliphatic heterocycles. The monoisotopic (exact) mass is 264 g/mol. The third kappa shape index (κ3) is 3.39. The van der Waals surface area contributed by atoms with Gasteiger partial charge < -0.3 is 15.2 Å². The van der Waals surface area contributed by atoms with Crippen molar-refractivity contribution in [3.63, 3.8) is 0 Å². The van der Waals surface area contributed by atoms with Crippen molar-refractivity contribution >= 4 is 5.69 Å². The summed E-state index contributed by atoms with van der Waals surface area (Å²) in [5.41, 5.74) is 8.00. The maximum atomic E-state index is 6.04. The molecule has 1 saturated heterocycles. The molecule has 0 amide bonds. The smallest absolute Gasteiger partial charge is 0.119 e. The van der Waals surface area contributed by atoms with Crippen LogP contribution in [0.1, 0.15) is 18.9 Å². The van der Waals surface area contributed by atoms with Crippen molar-refractivity contribution in [3.05, 3.63) is 23.8 Å². The average Bonchev–Trinajstić information content (AvgIpc) is 2.43. The Bertz CT molecular complexity index is 423. The lowest BCUT2D eigenvalue weighted by Crippen LogP contribution is -2.43. The van der Waals surface area contributed by atoms with Crippen LogP contribution >= 0.6 is 0 Å². The summed E-state index contributed by atoms with van der Waals surface area (Å²) in [4.78, 5) is 2.40. The first kappa shape index (κ1) is 14.2. The Morgan fingerprint density at radius 2 is 2.16 bits per heavy atom. The first-order valence-corrected chi connectivity index (χ1v) is 6.81. The van der Waals surface area contributed by atoms with Crippen LogP contribution in [-0.4, -0.2) is 38.3 Å².